The molecule has 2 atom stereocenters. The number of aliphatic carboxylic acids is 1. The summed E-state index contributed by atoms with van der Waals surface area (Å²) in [5.41, 5.74) is 0. The van der Waals surface area contributed by atoms with Crippen LogP contribution in [0.25, 0.3) is 0 Å². The van der Waals surface area contributed by atoms with Crippen LogP contribution in [0.15, 0.2) is 17.5 Å². The first-order chi connectivity index (χ1) is 8.59. The molecule has 1 aromatic heterocycles. The number of carboxylic acid groups (broad SMARTS) is 1. The van der Waals surface area contributed by atoms with Crippen molar-refractivity contribution < 1.29 is 14.7 Å². The van der Waals surface area contributed by atoms with E-state index in [0.717, 1.165) is 6.42 Å². The zero-order valence-electron chi connectivity index (χ0n) is 10.3. The third-order valence-electron chi connectivity index (χ3n) is 3.33. The molecule has 1 aromatic rings. The van der Waals surface area contributed by atoms with Crippen molar-refractivity contribution in [3.8, 4) is 0 Å². The van der Waals surface area contributed by atoms with E-state index in [9.17, 15) is 9.59 Å². The zero-order chi connectivity index (χ0) is 13.1. The molecule has 1 aliphatic rings. The third-order valence-corrected chi connectivity index (χ3v) is 4.23. The summed E-state index contributed by atoms with van der Waals surface area (Å²) in [6.07, 6.45) is 2.06. The summed E-state index contributed by atoms with van der Waals surface area (Å²) in [5.74, 6) is -1.07. The van der Waals surface area contributed by atoms with Gasteiger partial charge in [-0.2, -0.15) is 0 Å². The maximum atomic E-state index is 12.3. The Balaban J connectivity index is 1.99. The summed E-state index contributed by atoms with van der Waals surface area (Å²) in [7, 11) is 0. The lowest BCUT2D eigenvalue weighted by Crippen LogP contribution is -2.43. The van der Waals surface area contributed by atoms with Gasteiger partial charge < -0.3 is 10.0 Å². The van der Waals surface area contributed by atoms with Crippen LogP contribution < -0.4 is 0 Å². The van der Waals surface area contributed by atoms with Gasteiger partial charge in [0, 0.05) is 17.3 Å². The van der Waals surface area contributed by atoms with Gasteiger partial charge in [0.2, 0.25) is 5.91 Å². The standard InChI is InChI=1S/C13H17NO3S/c1-9(8-10-4-3-7-18-10)12(15)14-6-2-5-11(14)13(16)17/h3-4,7,9,11H,2,5-6,8H2,1H3,(H,16,17)/t9?,11-/m1/s1. The molecule has 98 valence electrons. The van der Waals surface area contributed by atoms with Gasteiger partial charge in [0.15, 0.2) is 0 Å². The first kappa shape index (κ1) is 13.1. The Morgan fingerprint density at radius 3 is 3.00 bits per heavy atom. The van der Waals surface area contributed by atoms with Gasteiger partial charge in [-0.1, -0.05) is 13.0 Å². The fraction of sp³-hybridized carbons (Fsp3) is 0.538. The van der Waals surface area contributed by atoms with Crippen LogP contribution in [0.2, 0.25) is 0 Å². The first-order valence-corrected chi connectivity index (χ1v) is 7.03. The van der Waals surface area contributed by atoms with E-state index in [4.69, 9.17) is 5.11 Å². The van der Waals surface area contributed by atoms with Crippen molar-refractivity contribution in [2.75, 3.05) is 6.54 Å². The van der Waals surface area contributed by atoms with E-state index in [-0.39, 0.29) is 11.8 Å². The van der Waals surface area contributed by atoms with Crippen LogP contribution in [-0.2, 0) is 16.0 Å². The van der Waals surface area contributed by atoms with Gasteiger partial charge in [0.1, 0.15) is 6.04 Å². The number of carbonyl (C=O) groups is 2. The van der Waals surface area contributed by atoms with Crippen molar-refractivity contribution in [1.82, 2.24) is 4.90 Å². The Morgan fingerprint density at radius 2 is 2.39 bits per heavy atom. The van der Waals surface area contributed by atoms with Crippen LogP contribution in [-0.4, -0.2) is 34.5 Å². The number of rotatable bonds is 4. The van der Waals surface area contributed by atoms with E-state index in [1.54, 1.807) is 11.3 Å². The molecule has 0 saturated carbocycles. The molecule has 1 aliphatic heterocycles. The van der Waals surface area contributed by atoms with E-state index >= 15 is 0 Å². The molecule has 1 fully saturated rings. The van der Waals surface area contributed by atoms with Gasteiger partial charge in [0.25, 0.3) is 0 Å². The molecule has 0 spiro atoms. The van der Waals surface area contributed by atoms with Crippen LogP contribution >= 0.6 is 11.3 Å². The molecule has 1 saturated heterocycles. The number of nitrogens with zero attached hydrogens (tertiary/aromatic N) is 1. The number of likely N-dealkylation sites (tertiary alicyclic amines) is 1. The predicted octanol–water partition coefficient (Wildman–Crippen LogP) is 2.00. The number of carboxylic acids is 1. The summed E-state index contributed by atoms with van der Waals surface area (Å²) in [5, 5.41) is 11.1. The van der Waals surface area contributed by atoms with Gasteiger partial charge in [-0.25, -0.2) is 4.79 Å². The summed E-state index contributed by atoms with van der Waals surface area (Å²) in [6.45, 7) is 2.45. The SMILES string of the molecule is CC(Cc1cccs1)C(=O)N1CCC[C@@H]1C(=O)O. The Morgan fingerprint density at radius 1 is 1.61 bits per heavy atom. The Hall–Kier alpha value is -1.36. The van der Waals surface area contributed by atoms with Crippen LogP contribution in [0.4, 0.5) is 0 Å². The highest BCUT2D eigenvalue weighted by Gasteiger charge is 2.35. The van der Waals surface area contributed by atoms with Crippen molar-refractivity contribution in [3.63, 3.8) is 0 Å². The van der Waals surface area contributed by atoms with Gasteiger partial charge in [-0.15, -0.1) is 11.3 Å². The van der Waals surface area contributed by atoms with Crippen molar-refractivity contribution in [2.45, 2.75) is 32.2 Å². The minimum atomic E-state index is -0.885. The second kappa shape index (κ2) is 5.52. The van der Waals surface area contributed by atoms with Crippen molar-refractivity contribution in [2.24, 2.45) is 5.92 Å². The molecule has 0 aromatic carbocycles. The van der Waals surface area contributed by atoms with Gasteiger partial charge in [0.05, 0.1) is 0 Å². The van der Waals surface area contributed by atoms with Crippen molar-refractivity contribution >= 4 is 23.2 Å². The molecular weight excluding hydrogens is 250 g/mol. The second-order valence-electron chi connectivity index (χ2n) is 4.71. The highest BCUT2D eigenvalue weighted by Crippen LogP contribution is 2.22. The molecule has 4 nitrogen and oxygen atoms in total. The number of hydrogen-bond donors (Lipinski definition) is 1. The van der Waals surface area contributed by atoms with Crippen molar-refractivity contribution in [3.05, 3.63) is 22.4 Å². The molecule has 0 bridgehead atoms. The van der Waals surface area contributed by atoms with Gasteiger partial charge in [-0.05, 0) is 30.7 Å². The quantitative estimate of drug-likeness (QED) is 0.907. The van der Waals surface area contributed by atoms with E-state index in [1.807, 2.05) is 24.4 Å². The molecular formula is C13H17NO3S. The largest absolute Gasteiger partial charge is 0.480 e. The maximum absolute atomic E-state index is 12.3. The van der Waals surface area contributed by atoms with E-state index in [0.29, 0.717) is 19.4 Å². The maximum Gasteiger partial charge on any atom is 0.326 e. The summed E-state index contributed by atoms with van der Waals surface area (Å²) in [4.78, 5) is 26.0. The van der Waals surface area contributed by atoms with Crippen LogP contribution in [0.3, 0.4) is 0 Å². The molecule has 18 heavy (non-hydrogen) atoms. The fourth-order valence-corrected chi connectivity index (χ4v) is 3.22. The minimum absolute atomic E-state index is 0.0340. The number of carbonyl (C=O) groups excluding carboxylic acids is 1. The van der Waals surface area contributed by atoms with E-state index in [1.165, 1.54) is 9.78 Å². The zero-order valence-corrected chi connectivity index (χ0v) is 11.2. The Kier molecular flexibility index (Phi) is 4.01. The first-order valence-electron chi connectivity index (χ1n) is 6.15. The van der Waals surface area contributed by atoms with Crippen molar-refractivity contribution in [1.29, 1.82) is 0 Å². The highest BCUT2D eigenvalue weighted by molar-refractivity contribution is 7.09. The number of amides is 1. The normalized spacial score (nSPS) is 20.9. The molecule has 0 radical (unpaired) electrons. The summed E-state index contributed by atoms with van der Waals surface area (Å²) in [6, 6.07) is 3.35. The van der Waals surface area contributed by atoms with Gasteiger partial charge in [-0.3, -0.25) is 4.79 Å². The second-order valence-corrected chi connectivity index (χ2v) is 5.74. The summed E-state index contributed by atoms with van der Waals surface area (Å²) >= 11 is 1.63. The van der Waals surface area contributed by atoms with E-state index in [2.05, 4.69) is 0 Å². The number of thiophene rings is 1. The Labute approximate surface area is 110 Å². The number of hydrogen-bond acceptors (Lipinski definition) is 3. The van der Waals surface area contributed by atoms with Crippen LogP contribution in [0.1, 0.15) is 24.6 Å². The summed E-state index contributed by atoms with van der Waals surface area (Å²) < 4.78 is 0. The molecule has 1 amide bonds. The molecule has 1 N–H and O–H groups in total. The average molecular weight is 267 g/mol. The molecule has 5 heteroatoms. The van der Waals surface area contributed by atoms with Crippen LogP contribution in [0, 0.1) is 5.92 Å². The van der Waals surface area contributed by atoms with Gasteiger partial charge >= 0.3 is 5.97 Å². The lowest BCUT2D eigenvalue weighted by atomic mass is 10.0. The topological polar surface area (TPSA) is 57.6 Å². The third kappa shape index (κ3) is 2.72. The smallest absolute Gasteiger partial charge is 0.326 e. The molecule has 2 rings (SSSR count). The lowest BCUT2D eigenvalue weighted by molar-refractivity contribution is -0.149. The van der Waals surface area contributed by atoms with Crippen LogP contribution in [0.5, 0.6) is 0 Å². The fourth-order valence-electron chi connectivity index (χ4n) is 2.39. The molecule has 2 heterocycles. The molecule has 0 aliphatic carbocycles. The predicted molar refractivity (Wildman–Crippen MR) is 69.6 cm³/mol. The molecule has 1 unspecified atom stereocenters. The lowest BCUT2D eigenvalue weighted by Gasteiger charge is -2.24. The monoisotopic (exact) mass is 267 g/mol. The average Bonchev–Trinajstić information content (AvgIpc) is 2.97. The Bertz CT molecular complexity index is 429. The minimum Gasteiger partial charge on any atom is -0.480 e. The highest BCUT2D eigenvalue weighted by atomic mass is 32.1. The van der Waals surface area contributed by atoms with E-state index < -0.39 is 12.0 Å².